The van der Waals surface area contributed by atoms with Crippen LogP contribution in [-0.2, 0) is 10.0 Å². The lowest BCUT2D eigenvalue weighted by Gasteiger charge is -2.08. The van der Waals surface area contributed by atoms with Crippen molar-refractivity contribution in [3.8, 4) is 0 Å². The zero-order chi connectivity index (χ0) is 11.3. The van der Waals surface area contributed by atoms with Crippen LogP contribution in [-0.4, -0.2) is 32.7 Å². The monoisotopic (exact) mass is 229 g/mol. The fraction of sp³-hybridized carbons (Fsp3) is 0.444. The van der Waals surface area contributed by atoms with Crippen molar-refractivity contribution in [2.45, 2.75) is 6.92 Å². The van der Waals surface area contributed by atoms with Gasteiger partial charge in [-0.3, -0.25) is 4.98 Å². The van der Waals surface area contributed by atoms with E-state index in [2.05, 4.69) is 15.0 Å². The molecule has 0 radical (unpaired) electrons. The van der Waals surface area contributed by atoms with Crippen LogP contribution in [0.25, 0.3) is 0 Å². The van der Waals surface area contributed by atoms with E-state index < -0.39 is 10.0 Å². The molecule has 0 aliphatic rings. The Kier molecular flexibility index (Phi) is 4.05. The summed E-state index contributed by atoms with van der Waals surface area (Å²) in [7, 11) is -1.72. The SMILES string of the molecule is CNS(=O)(=O)CCNc1ccncc1C. The molecule has 15 heavy (non-hydrogen) atoms. The van der Waals surface area contributed by atoms with Crippen LogP contribution in [0, 0.1) is 6.92 Å². The highest BCUT2D eigenvalue weighted by molar-refractivity contribution is 7.89. The van der Waals surface area contributed by atoms with Gasteiger partial charge in [-0.15, -0.1) is 0 Å². The summed E-state index contributed by atoms with van der Waals surface area (Å²) >= 11 is 0. The van der Waals surface area contributed by atoms with E-state index in [1.165, 1.54) is 7.05 Å². The van der Waals surface area contributed by atoms with Gasteiger partial charge in [-0.2, -0.15) is 0 Å². The Labute approximate surface area is 90.0 Å². The van der Waals surface area contributed by atoms with E-state index >= 15 is 0 Å². The van der Waals surface area contributed by atoms with Crippen LogP contribution in [0.15, 0.2) is 18.5 Å². The van der Waals surface area contributed by atoms with Gasteiger partial charge in [0.25, 0.3) is 0 Å². The third-order valence-electron chi connectivity index (χ3n) is 2.02. The molecule has 0 amide bonds. The average molecular weight is 229 g/mol. The molecule has 2 N–H and O–H groups in total. The molecule has 6 heteroatoms. The number of anilines is 1. The third kappa shape index (κ3) is 3.85. The molecule has 5 nitrogen and oxygen atoms in total. The van der Waals surface area contributed by atoms with Gasteiger partial charge in [0, 0.05) is 24.6 Å². The van der Waals surface area contributed by atoms with Crippen molar-refractivity contribution in [3.05, 3.63) is 24.0 Å². The van der Waals surface area contributed by atoms with Crippen LogP contribution in [0.2, 0.25) is 0 Å². The number of rotatable bonds is 5. The average Bonchev–Trinajstić information content (AvgIpc) is 2.21. The van der Waals surface area contributed by atoms with Crippen LogP contribution < -0.4 is 10.0 Å². The number of nitrogens with zero attached hydrogens (tertiary/aromatic N) is 1. The molecule has 1 heterocycles. The van der Waals surface area contributed by atoms with Gasteiger partial charge in [-0.1, -0.05) is 0 Å². The first-order valence-electron chi connectivity index (χ1n) is 4.61. The van der Waals surface area contributed by atoms with Crippen LogP contribution in [0.3, 0.4) is 0 Å². The minimum Gasteiger partial charge on any atom is -0.384 e. The first-order valence-corrected chi connectivity index (χ1v) is 6.26. The van der Waals surface area contributed by atoms with Crippen LogP contribution in [0.4, 0.5) is 5.69 Å². The van der Waals surface area contributed by atoms with Crippen molar-refractivity contribution in [2.75, 3.05) is 24.7 Å². The van der Waals surface area contributed by atoms with E-state index in [-0.39, 0.29) is 5.75 Å². The maximum Gasteiger partial charge on any atom is 0.213 e. The number of nitrogens with one attached hydrogen (secondary N) is 2. The molecule has 84 valence electrons. The molecular formula is C9H15N3O2S. The molecule has 1 aromatic rings. The molecule has 0 atom stereocenters. The highest BCUT2D eigenvalue weighted by Crippen LogP contribution is 2.10. The number of pyridine rings is 1. The Morgan fingerprint density at radius 2 is 2.20 bits per heavy atom. The number of hydrogen-bond acceptors (Lipinski definition) is 4. The molecule has 0 unspecified atom stereocenters. The van der Waals surface area contributed by atoms with Crippen molar-refractivity contribution < 1.29 is 8.42 Å². The molecule has 0 bridgehead atoms. The number of hydrogen-bond donors (Lipinski definition) is 2. The Morgan fingerprint density at radius 1 is 1.47 bits per heavy atom. The molecular weight excluding hydrogens is 214 g/mol. The summed E-state index contributed by atoms with van der Waals surface area (Å²) in [6.07, 6.45) is 3.40. The van der Waals surface area contributed by atoms with Crippen LogP contribution >= 0.6 is 0 Å². The predicted molar refractivity (Wildman–Crippen MR) is 60.3 cm³/mol. The standard InChI is InChI=1S/C9H15N3O2S/c1-8-7-11-4-3-9(8)12-5-6-15(13,14)10-2/h3-4,7,10H,5-6H2,1-2H3,(H,11,12). The molecule has 0 saturated heterocycles. The van der Waals surface area contributed by atoms with Gasteiger partial charge in [0.1, 0.15) is 0 Å². The van der Waals surface area contributed by atoms with Crippen molar-refractivity contribution in [2.24, 2.45) is 0 Å². The van der Waals surface area contributed by atoms with Crippen molar-refractivity contribution >= 4 is 15.7 Å². The summed E-state index contributed by atoms with van der Waals surface area (Å²) in [6, 6.07) is 1.82. The topological polar surface area (TPSA) is 71.1 Å². The second-order valence-corrected chi connectivity index (χ2v) is 5.19. The van der Waals surface area contributed by atoms with E-state index in [0.717, 1.165) is 11.3 Å². The van der Waals surface area contributed by atoms with Gasteiger partial charge in [0.15, 0.2) is 0 Å². The Bertz CT molecular complexity index is 417. The summed E-state index contributed by atoms with van der Waals surface area (Å²) in [5, 5.41) is 3.04. The van der Waals surface area contributed by atoms with Crippen LogP contribution in [0.1, 0.15) is 5.56 Å². The van der Waals surface area contributed by atoms with Crippen molar-refractivity contribution in [3.63, 3.8) is 0 Å². The van der Waals surface area contributed by atoms with Crippen LogP contribution in [0.5, 0.6) is 0 Å². The molecule has 0 aliphatic carbocycles. The van der Waals surface area contributed by atoms with Crippen molar-refractivity contribution in [1.29, 1.82) is 0 Å². The summed E-state index contributed by atoms with van der Waals surface area (Å²) in [6.45, 7) is 2.30. The Hall–Kier alpha value is -1.14. The normalized spacial score (nSPS) is 11.3. The quantitative estimate of drug-likeness (QED) is 0.764. The van der Waals surface area contributed by atoms with Gasteiger partial charge >= 0.3 is 0 Å². The second kappa shape index (κ2) is 5.09. The number of aryl methyl sites for hydroxylation is 1. The molecule has 1 aromatic heterocycles. The molecule has 0 aliphatic heterocycles. The minimum absolute atomic E-state index is 0.0608. The van der Waals surface area contributed by atoms with E-state index in [4.69, 9.17) is 0 Å². The zero-order valence-corrected chi connectivity index (χ0v) is 9.63. The maximum absolute atomic E-state index is 11.1. The third-order valence-corrected chi connectivity index (χ3v) is 3.38. The fourth-order valence-corrected chi connectivity index (χ4v) is 1.67. The predicted octanol–water partition coefficient (Wildman–Crippen LogP) is 0.351. The lowest BCUT2D eigenvalue weighted by atomic mass is 10.2. The lowest BCUT2D eigenvalue weighted by Crippen LogP contribution is -2.26. The molecule has 0 saturated carbocycles. The van der Waals surface area contributed by atoms with Gasteiger partial charge in [-0.05, 0) is 25.6 Å². The highest BCUT2D eigenvalue weighted by Gasteiger charge is 2.05. The van der Waals surface area contributed by atoms with E-state index in [0.29, 0.717) is 6.54 Å². The first kappa shape index (κ1) is 11.9. The number of sulfonamides is 1. The number of aromatic nitrogens is 1. The summed E-state index contributed by atoms with van der Waals surface area (Å²) in [5.41, 5.74) is 1.91. The maximum atomic E-state index is 11.1. The zero-order valence-electron chi connectivity index (χ0n) is 8.82. The first-order chi connectivity index (χ1) is 7.05. The highest BCUT2D eigenvalue weighted by atomic mass is 32.2. The van der Waals surface area contributed by atoms with Gasteiger partial charge in [0.05, 0.1) is 5.75 Å². The smallest absolute Gasteiger partial charge is 0.213 e. The van der Waals surface area contributed by atoms with Gasteiger partial charge in [0.2, 0.25) is 10.0 Å². The van der Waals surface area contributed by atoms with E-state index in [1.54, 1.807) is 12.4 Å². The minimum atomic E-state index is -3.13. The summed E-state index contributed by atoms with van der Waals surface area (Å²) in [5.74, 6) is 0.0608. The summed E-state index contributed by atoms with van der Waals surface area (Å²) < 4.78 is 24.5. The molecule has 0 aromatic carbocycles. The lowest BCUT2D eigenvalue weighted by molar-refractivity contribution is 0.588. The summed E-state index contributed by atoms with van der Waals surface area (Å²) in [4.78, 5) is 3.95. The Morgan fingerprint density at radius 3 is 2.80 bits per heavy atom. The van der Waals surface area contributed by atoms with Gasteiger partial charge in [-0.25, -0.2) is 13.1 Å². The van der Waals surface area contributed by atoms with Gasteiger partial charge < -0.3 is 5.32 Å². The van der Waals surface area contributed by atoms with E-state index in [1.807, 2.05) is 13.0 Å². The molecule has 0 spiro atoms. The second-order valence-electron chi connectivity index (χ2n) is 3.14. The van der Waals surface area contributed by atoms with Crippen molar-refractivity contribution in [1.82, 2.24) is 9.71 Å². The van der Waals surface area contributed by atoms with E-state index in [9.17, 15) is 8.42 Å². The largest absolute Gasteiger partial charge is 0.384 e. The fourth-order valence-electron chi connectivity index (χ4n) is 1.09. The molecule has 1 rings (SSSR count). The molecule has 0 fully saturated rings. The Balaban J connectivity index is 2.49.